The van der Waals surface area contributed by atoms with Crippen LogP contribution in [0.5, 0.6) is 0 Å². The number of benzene rings is 1. The summed E-state index contributed by atoms with van der Waals surface area (Å²) in [7, 11) is 0. The number of carbonyl (C=O) groups excluding carboxylic acids is 2. The van der Waals surface area contributed by atoms with Gasteiger partial charge in [-0.25, -0.2) is 9.97 Å². The van der Waals surface area contributed by atoms with Gasteiger partial charge in [0.05, 0.1) is 31.9 Å². The molecule has 1 saturated heterocycles. The van der Waals surface area contributed by atoms with Gasteiger partial charge in [0.1, 0.15) is 0 Å². The molecular formula is C21H25N5O3. The van der Waals surface area contributed by atoms with Crippen LogP contribution in [0, 0.1) is 0 Å². The lowest BCUT2D eigenvalue weighted by Gasteiger charge is -2.30. The Morgan fingerprint density at radius 2 is 1.90 bits per heavy atom. The number of rotatable bonds is 4. The van der Waals surface area contributed by atoms with Gasteiger partial charge < -0.3 is 19.9 Å². The van der Waals surface area contributed by atoms with Gasteiger partial charge in [-0.1, -0.05) is 12.1 Å². The van der Waals surface area contributed by atoms with Crippen molar-refractivity contribution in [2.45, 2.75) is 26.3 Å². The van der Waals surface area contributed by atoms with Crippen molar-refractivity contribution in [3.8, 4) is 0 Å². The second-order valence-corrected chi connectivity index (χ2v) is 7.36. The van der Waals surface area contributed by atoms with Crippen molar-refractivity contribution in [3.63, 3.8) is 0 Å². The molecule has 0 spiro atoms. The summed E-state index contributed by atoms with van der Waals surface area (Å²) in [6, 6.07) is 7.38. The highest BCUT2D eigenvalue weighted by molar-refractivity contribution is 5.88. The lowest BCUT2D eigenvalue weighted by Crippen LogP contribution is -2.39. The van der Waals surface area contributed by atoms with E-state index in [4.69, 9.17) is 9.72 Å². The topological polar surface area (TPSA) is 87.7 Å². The van der Waals surface area contributed by atoms with Crippen molar-refractivity contribution in [3.05, 3.63) is 47.3 Å². The molecule has 8 heteroatoms. The Kier molecular flexibility index (Phi) is 5.71. The lowest BCUT2D eigenvalue weighted by molar-refractivity contribution is -0.131. The van der Waals surface area contributed by atoms with E-state index in [1.807, 2.05) is 35.4 Å². The molecule has 2 aliphatic heterocycles. The fourth-order valence-corrected chi connectivity index (χ4v) is 3.62. The molecule has 2 aromatic rings. The normalized spacial score (nSPS) is 16.3. The largest absolute Gasteiger partial charge is 0.378 e. The highest BCUT2D eigenvalue weighted by Gasteiger charge is 2.24. The lowest BCUT2D eigenvalue weighted by atomic mass is 10.1. The molecule has 0 aliphatic carbocycles. The Hall–Kier alpha value is -3.00. The van der Waals surface area contributed by atoms with Crippen LogP contribution in [0.3, 0.4) is 0 Å². The standard InChI is InChI=1S/C21H25N5O3/c1-15(27)23-18-4-2-16(3-5-18)12-20(28)26-7-6-17-13-22-21(24-19(17)14-26)25-8-10-29-11-9-25/h2-5,13H,6-12,14H2,1H3,(H,23,27). The summed E-state index contributed by atoms with van der Waals surface area (Å²) in [6.45, 7) is 5.61. The number of anilines is 2. The van der Waals surface area contributed by atoms with E-state index < -0.39 is 0 Å². The number of carbonyl (C=O) groups is 2. The number of aromatic nitrogens is 2. The molecule has 29 heavy (non-hydrogen) atoms. The first-order valence-corrected chi connectivity index (χ1v) is 9.90. The zero-order valence-electron chi connectivity index (χ0n) is 16.6. The average Bonchev–Trinajstić information content (AvgIpc) is 2.74. The first kappa shape index (κ1) is 19.3. The molecule has 1 aromatic carbocycles. The highest BCUT2D eigenvalue weighted by atomic mass is 16.5. The number of fused-ring (bicyclic) bond motifs is 1. The zero-order chi connectivity index (χ0) is 20.2. The number of hydrogen-bond donors (Lipinski definition) is 1. The Morgan fingerprint density at radius 1 is 1.14 bits per heavy atom. The van der Waals surface area contributed by atoms with Gasteiger partial charge in [0.2, 0.25) is 17.8 Å². The first-order chi connectivity index (χ1) is 14.1. The molecule has 152 valence electrons. The van der Waals surface area contributed by atoms with Crippen molar-refractivity contribution in [1.29, 1.82) is 0 Å². The van der Waals surface area contributed by atoms with Crippen molar-refractivity contribution >= 4 is 23.5 Å². The smallest absolute Gasteiger partial charge is 0.227 e. The second kappa shape index (κ2) is 8.57. The fourth-order valence-electron chi connectivity index (χ4n) is 3.62. The van der Waals surface area contributed by atoms with Crippen LogP contribution in [-0.4, -0.2) is 59.5 Å². The third-order valence-corrected chi connectivity index (χ3v) is 5.21. The van der Waals surface area contributed by atoms with Gasteiger partial charge in [-0.05, 0) is 29.7 Å². The van der Waals surface area contributed by atoms with Gasteiger partial charge in [-0.3, -0.25) is 9.59 Å². The van der Waals surface area contributed by atoms with Gasteiger partial charge in [-0.15, -0.1) is 0 Å². The van der Waals surface area contributed by atoms with Gasteiger partial charge in [-0.2, -0.15) is 0 Å². The Labute approximate surface area is 169 Å². The number of morpholine rings is 1. The van der Waals surface area contributed by atoms with Crippen molar-refractivity contribution in [2.24, 2.45) is 0 Å². The molecule has 1 aromatic heterocycles. The quantitative estimate of drug-likeness (QED) is 0.842. The summed E-state index contributed by atoms with van der Waals surface area (Å²) in [5.41, 5.74) is 3.70. The molecular weight excluding hydrogens is 370 g/mol. The van der Waals surface area contributed by atoms with Crippen LogP contribution >= 0.6 is 0 Å². The van der Waals surface area contributed by atoms with E-state index in [0.717, 1.165) is 48.0 Å². The number of nitrogens with one attached hydrogen (secondary N) is 1. The van der Waals surface area contributed by atoms with Crippen LogP contribution in [0.15, 0.2) is 30.5 Å². The van der Waals surface area contributed by atoms with Crippen molar-refractivity contribution in [2.75, 3.05) is 43.1 Å². The van der Waals surface area contributed by atoms with E-state index in [9.17, 15) is 9.59 Å². The molecule has 3 heterocycles. The first-order valence-electron chi connectivity index (χ1n) is 9.90. The Morgan fingerprint density at radius 3 is 2.62 bits per heavy atom. The number of amides is 2. The van der Waals surface area contributed by atoms with Gasteiger partial charge in [0, 0.05) is 38.4 Å². The van der Waals surface area contributed by atoms with Gasteiger partial charge in [0.15, 0.2) is 0 Å². The van der Waals surface area contributed by atoms with E-state index in [-0.39, 0.29) is 11.8 Å². The predicted molar refractivity (Wildman–Crippen MR) is 109 cm³/mol. The Bertz CT molecular complexity index is 894. The maximum atomic E-state index is 12.8. The van der Waals surface area contributed by atoms with Crippen LogP contribution < -0.4 is 10.2 Å². The van der Waals surface area contributed by atoms with Crippen LogP contribution in [-0.2, 0) is 33.7 Å². The summed E-state index contributed by atoms with van der Waals surface area (Å²) < 4.78 is 5.39. The van der Waals surface area contributed by atoms with Gasteiger partial charge >= 0.3 is 0 Å². The fraction of sp³-hybridized carbons (Fsp3) is 0.429. The number of nitrogens with zero attached hydrogens (tertiary/aromatic N) is 4. The van der Waals surface area contributed by atoms with Crippen LogP contribution in [0.1, 0.15) is 23.7 Å². The van der Waals surface area contributed by atoms with Crippen LogP contribution in [0.25, 0.3) is 0 Å². The van der Waals surface area contributed by atoms with E-state index in [1.165, 1.54) is 6.92 Å². The third kappa shape index (κ3) is 4.71. The zero-order valence-corrected chi connectivity index (χ0v) is 16.6. The molecule has 0 atom stereocenters. The highest BCUT2D eigenvalue weighted by Crippen LogP contribution is 2.21. The molecule has 2 amide bonds. The minimum atomic E-state index is -0.112. The molecule has 1 fully saturated rings. The maximum absolute atomic E-state index is 12.8. The van der Waals surface area contributed by atoms with E-state index in [2.05, 4.69) is 15.2 Å². The van der Waals surface area contributed by atoms with Crippen LogP contribution in [0.2, 0.25) is 0 Å². The van der Waals surface area contributed by atoms with Crippen LogP contribution in [0.4, 0.5) is 11.6 Å². The predicted octanol–water partition coefficient (Wildman–Crippen LogP) is 1.40. The molecule has 0 bridgehead atoms. The number of ether oxygens (including phenoxy) is 1. The maximum Gasteiger partial charge on any atom is 0.227 e. The molecule has 8 nitrogen and oxygen atoms in total. The summed E-state index contributed by atoms with van der Waals surface area (Å²) >= 11 is 0. The molecule has 2 aliphatic rings. The minimum Gasteiger partial charge on any atom is -0.378 e. The van der Waals surface area contributed by atoms with Gasteiger partial charge in [0.25, 0.3) is 0 Å². The van der Waals surface area contributed by atoms with Crippen molar-refractivity contribution in [1.82, 2.24) is 14.9 Å². The number of hydrogen-bond acceptors (Lipinski definition) is 6. The molecule has 0 saturated carbocycles. The minimum absolute atomic E-state index is 0.0782. The van der Waals surface area contributed by atoms with E-state index in [0.29, 0.717) is 32.7 Å². The third-order valence-electron chi connectivity index (χ3n) is 5.21. The SMILES string of the molecule is CC(=O)Nc1ccc(CC(=O)N2CCc3cnc(N4CCOCC4)nc3C2)cc1. The van der Waals surface area contributed by atoms with Crippen molar-refractivity contribution < 1.29 is 14.3 Å². The molecule has 1 N–H and O–H groups in total. The average molecular weight is 395 g/mol. The summed E-state index contributed by atoms with van der Waals surface area (Å²) in [5, 5.41) is 2.73. The molecule has 4 rings (SSSR count). The Balaban J connectivity index is 1.40. The molecule has 0 radical (unpaired) electrons. The summed E-state index contributed by atoms with van der Waals surface area (Å²) in [4.78, 5) is 37.2. The van der Waals surface area contributed by atoms with E-state index in [1.54, 1.807) is 0 Å². The summed E-state index contributed by atoms with van der Waals surface area (Å²) in [6.07, 6.45) is 3.00. The monoisotopic (exact) mass is 395 g/mol. The second-order valence-electron chi connectivity index (χ2n) is 7.36. The van der Waals surface area contributed by atoms with E-state index >= 15 is 0 Å². The molecule has 0 unspecified atom stereocenters. The summed E-state index contributed by atoms with van der Waals surface area (Å²) in [5.74, 6) is 0.684.